The van der Waals surface area contributed by atoms with E-state index < -0.39 is 55.7 Å². The zero-order valence-corrected chi connectivity index (χ0v) is 65.2. The van der Waals surface area contributed by atoms with Crippen molar-refractivity contribution in [3.63, 3.8) is 0 Å². The molecule has 0 rings (SSSR count). The van der Waals surface area contributed by atoms with Crippen LogP contribution in [0, 0.1) is 5.41 Å². The van der Waals surface area contributed by atoms with E-state index in [1.165, 1.54) is 227 Å². The smallest absolute Gasteiger partial charge is 0.306 e. The topological polar surface area (TPSA) is 210 Å². The maximum Gasteiger partial charge on any atom is 0.306 e. The van der Waals surface area contributed by atoms with Crippen LogP contribution in [0.25, 0.3) is 0 Å². The Balaban J connectivity index is 5.65. The molecule has 20 heteroatoms. The van der Waals surface area contributed by atoms with Crippen LogP contribution in [0.5, 0.6) is 0 Å². The normalized spacial score (nSPS) is 11.3. The monoisotopic (exact) mass is 1450 g/mol. The van der Waals surface area contributed by atoms with Crippen molar-refractivity contribution in [1.29, 1.82) is 0 Å². The average Bonchev–Trinajstić information content (AvgIpc) is 1.10. The minimum Gasteiger partial charge on any atom is -0.466 e. The summed E-state index contributed by atoms with van der Waals surface area (Å²) in [4.78, 5) is 103. The summed E-state index contributed by atoms with van der Waals surface area (Å²) in [6.45, 7) is 8.84. The molecule has 0 N–H and O–H groups in total. The van der Waals surface area contributed by atoms with Crippen molar-refractivity contribution in [3.8, 4) is 0 Å². The van der Waals surface area contributed by atoms with Crippen LogP contribution < -0.4 is 0 Å². The van der Waals surface area contributed by atoms with Crippen molar-refractivity contribution >= 4 is 94.8 Å². The van der Waals surface area contributed by atoms with Gasteiger partial charge in [-0.3, -0.25) is 38.4 Å². The first kappa shape index (κ1) is 94.2. The third-order valence-corrected chi connectivity index (χ3v) is 20.7. The molecule has 16 nitrogen and oxygen atoms in total. The van der Waals surface area contributed by atoms with Gasteiger partial charge in [0, 0.05) is 46.0 Å². The summed E-state index contributed by atoms with van der Waals surface area (Å²) >= 11 is 5.67. The van der Waals surface area contributed by atoms with Gasteiger partial charge in [-0.15, -0.1) is 0 Å². The fraction of sp³-hybridized carbons (Fsp3) is 0.896. The van der Waals surface area contributed by atoms with E-state index in [4.69, 9.17) is 37.9 Å². The second-order valence-electron chi connectivity index (χ2n) is 26.2. The molecule has 0 aromatic heterocycles. The highest BCUT2D eigenvalue weighted by Gasteiger charge is 2.38. The van der Waals surface area contributed by atoms with E-state index in [1.54, 1.807) is 0 Å². The molecule has 0 aromatic carbocycles. The number of carbonyl (C=O) groups excluding carboxylic acids is 8. The Morgan fingerprint density at radius 2 is 0.330 bits per heavy atom. The Morgan fingerprint density at radius 1 is 0.196 bits per heavy atom. The van der Waals surface area contributed by atoms with Crippen molar-refractivity contribution in [1.82, 2.24) is 0 Å². The number of esters is 8. The summed E-state index contributed by atoms with van der Waals surface area (Å²) in [5, 5.41) is 0. The van der Waals surface area contributed by atoms with Gasteiger partial charge in [-0.2, -0.15) is 47.0 Å². The fourth-order valence-corrected chi connectivity index (χ4v) is 13.8. The Hall–Kier alpha value is -2.84. The quantitative estimate of drug-likeness (QED) is 0.0315. The molecule has 0 aliphatic carbocycles. The molecule has 97 heavy (non-hydrogen) atoms. The summed E-state index contributed by atoms with van der Waals surface area (Å²) < 4.78 is 45.1. The number of hydrogen-bond donors (Lipinski definition) is 0. The average molecular weight is 1450 g/mol. The van der Waals surface area contributed by atoms with Gasteiger partial charge in [0.1, 0.15) is 31.8 Å². The zero-order chi connectivity index (χ0) is 70.9. The number of hydrogen-bond acceptors (Lipinski definition) is 20. The molecule has 0 aliphatic rings. The number of ether oxygens (including phenoxy) is 8. The number of thioether (sulfide) groups is 4. The molecule has 0 aliphatic heterocycles. The van der Waals surface area contributed by atoms with E-state index in [0.717, 1.165) is 77.0 Å². The lowest BCUT2D eigenvalue weighted by atomic mass is 9.92. The predicted octanol–water partition coefficient (Wildman–Crippen LogP) is 20.1. The summed E-state index contributed by atoms with van der Waals surface area (Å²) in [5.74, 6) is -0.167. The van der Waals surface area contributed by atoms with Crippen molar-refractivity contribution in [2.75, 3.05) is 98.9 Å². The van der Waals surface area contributed by atoms with E-state index in [9.17, 15) is 38.4 Å². The number of rotatable bonds is 76. The highest BCUT2D eigenvalue weighted by Crippen LogP contribution is 2.25. The van der Waals surface area contributed by atoms with Gasteiger partial charge >= 0.3 is 47.8 Å². The number of carbonyl (C=O) groups is 8. The molecule has 0 saturated heterocycles. The van der Waals surface area contributed by atoms with E-state index in [1.807, 2.05) is 0 Å². The van der Waals surface area contributed by atoms with Gasteiger partial charge in [0.15, 0.2) is 0 Å². The lowest BCUT2D eigenvalue weighted by molar-refractivity contribution is -0.170. The van der Waals surface area contributed by atoms with Gasteiger partial charge in [-0.25, -0.2) is 0 Å². The van der Waals surface area contributed by atoms with Crippen LogP contribution in [0.1, 0.15) is 336 Å². The van der Waals surface area contributed by atoms with Crippen LogP contribution in [-0.4, -0.2) is 147 Å². The molecular formula is C77H140O16S4. The molecule has 0 amide bonds. The first-order valence-electron chi connectivity index (χ1n) is 39.0. The Morgan fingerprint density at radius 3 is 0.485 bits per heavy atom. The minimum absolute atomic E-state index is 0.00795. The molecule has 0 fully saturated rings. The summed E-state index contributed by atoms with van der Waals surface area (Å²) in [6.07, 6.45) is 48.6. The molecule has 0 saturated carbocycles. The third-order valence-electron chi connectivity index (χ3n) is 16.8. The van der Waals surface area contributed by atoms with E-state index in [0.29, 0.717) is 72.5 Å². The van der Waals surface area contributed by atoms with Crippen molar-refractivity contribution in [2.45, 2.75) is 336 Å². The van der Waals surface area contributed by atoms with Crippen LogP contribution in [0.15, 0.2) is 0 Å². The SMILES string of the molecule is CCCCCCCCCCCCOC(=O)CCSCCC(=O)OCC(COC(=O)CCSCCC(=O)OCCCCCCCCCCCC)(COC(=O)CCSCCC(=O)OCCCCCCCCCCCC)COC(=O)CCSCCC(=O)OCCCCCCCCCCCC. The van der Waals surface area contributed by atoms with Crippen LogP contribution in [-0.2, 0) is 76.3 Å². The predicted molar refractivity (Wildman–Crippen MR) is 404 cm³/mol. The minimum atomic E-state index is -1.50. The van der Waals surface area contributed by atoms with Crippen molar-refractivity contribution in [2.24, 2.45) is 5.41 Å². The highest BCUT2D eigenvalue weighted by molar-refractivity contribution is 7.99. The van der Waals surface area contributed by atoms with Gasteiger partial charge in [0.25, 0.3) is 0 Å². The van der Waals surface area contributed by atoms with Crippen molar-refractivity contribution < 1.29 is 76.3 Å². The van der Waals surface area contributed by atoms with Crippen LogP contribution in [0.4, 0.5) is 0 Å². The highest BCUT2D eigenvalue weighted by atomic mass is 32.2. The van der Waals surface area contributed by atoms with Gasteiger partial charge < -0.3 is 37.9 Å². The number of unbranched alkanes of at least 4 members (excludes halogenated alkanes) is 36. The second-order valence-corrected chi connectivity index (χ2v) is 31.1. The van der Waals surface area contributed by atoms with E-state index in [-0.39, 0.29) is 75.2 Å². The molecule has 0 heterocycles. The van der Waals surface area contributed by atoms with Gasteiger partial charge in [0.05, 0.1) is 77.8 Å². The molecule has 0 unspecified atom stereocenters. The van der Waals surface area contributed by atoms with Crippen LogP contribution in [0.2, 0.25) is 0 Å². The maximum atomic E-state index is 13.4. The Labute approximate surface area is 607 Å². The zero-order valence-electron chi connectivity index (χ0n) is 61.9. The standard InChI is InChI=1S/C77H140O16S4/c1-5-9-13-17-21-25-29-33-37-41-53-86-69(78)45-57-94-61-49-73(82)90-65-77(66-91-74(83)50-62-95-58-46-70(79)87-54-42-38-34-30-26-22-18-14-10-6-2,67-92-75(84)51-63-96-59-47-71(80)88-55-43-39-35-31-27-23-19-15-11-7-3)68-93-76(85)52-64-97-60-48-72(81)89-56-44-40-36-32-28-24-20-16-12-8-4/h5-68H2,1-4H3. The molecule has 0 radical (unpaired) electrons. The molecular weight excluding hydrogens is 1310 g/mol. The Bertz CT molecular complexity index is 1620. The Kier molecular flexibility index (Phi) is 72.2. The van der Waals surface area contributed by atoms with Gasteiger partial charge in [0.2, 0.25) is 0 Å². The molecule has 0 atom stereocenters. The third kappa shape index (κ3) is 70.0. The maximum absolute atomic E-state index is 13.4. The van der Waals surface area contributed by atoms with Crippen LogP contribution in [0.3, 0.4) is 0 Å². The molecule has 0 spiro atoms. The first-order chi connectivity index (χ1) is 47.4. The second kappa shape index (κ2) is 74.4. The lowest BCUT2D eigenvalue weighted by Crippen LogP contribution is -2.44. The van der Waals surface area contributed by atoms with Crippen LogP contribution >= 0.6 is 47.0 Å². The van der Waals surface area contributed by atoms with Gasteiger partial charge in [-0.1, -0.05) is 259 Å². The van der Waals surface area contributed by atoms with E-state index in [2.05, 4.69) is 27.7 Å². The lowest BCUT2D eigenvalue weighted by Gasteiger charge is -2.31. The summed E-state index contributed by atoms with van der Waals surface area (Å²) in [5.41, 5.74) is -1.50. The van der Waals surface area contributed by atoms with E-state index >= 15 is 0 Å². The fourth-order valence-electron chi connectivity index (χ4n) is 10.5. The summed E-state index contributed by atoms with van der Waals surface area (Å²) in [6, 6.07) is 0. The molecule has 0 aromatic rings. The summed E-state index contributed by atoms with van der Waals surface area (Å²) in [7, 11) is 0. The van der Waals surface area contributed by atoms with Gasteiger partial charge in [-0.05, 0) is 25.7 Å². The largest absolute Gasteiger partial charge is 0.466 e. The molecule has 0 bridgehead atoms. The first-order valence-corrected chi connectivity index (χ1v) is 43.6. The molecule has 568 valence electrons. The van der Waals surface area contributed by atoms with Crippen molar-refractivity contribution in [3.05, 3.63) is 0 Å².